The molecule has 0 radical (unpaired) electrons. The molecule has 0 bridgehead atoms. The normalized spacial score (nSPS) is 33.9. The summed E-state index contributed by atoms with van der Waals surface area (Å²) in [6, 6.07) is 0.840. The molecule has 3 aliphatic rings. The molecule has 2 heterocycles. The number of nitrogens with one attached hydrogen (secondary N) is 1. The summed E-state index contributed by atoms with van der Waals surface area (Å²) < 4.78 is 0. The average molecular weight is 251 g/mol. The van der Waals surface area contributed by atoms with Crippen LogP contribution in [0.2, 0.25) is 0 Å². The van der Waals surface area contributed by atoms with Crippen LogP contribution in [0, 0.1) is 0 Å². The van der Waals surface area contributed by atoms with Gasteiger partial charge in [-0.1, -0.05) is 6.92 Å². The number of hydrogen-bond acceptors (Lipinski definition) is 3. The van der Waals surface area contributed by atoms with E-state index in [1.165, 1.54) is 12.8 Å². The fourth-order valence-corrected chi connectivity index (χ4v) is 3.47. The van der Waals surface area contributed by atoms with Gasteiger partial charge in [-0.05, 0) is 38.6 Å². The summed E-state index contributed by atoms with van der Waals surface area (Å²) in [6.07, 6.45) is 5.82. The predicted octanol–water partition coefficient (Wildman–Crippen LogP) is 0.825. The smallest absolute Gasteiger partial charge is 0.242 e. The lowest BCUT2D eigenvalue weighted by atomic mass is 9.92. The molecule has 1 amide bonds. The molecule has 1 N–H and O–H groups in total. The van der Waals surface area contributed by atoms with Gasteiger partial charge in [-0.25, -0.2) is 0 Å². The largest absolute Gasteiger partial charge is 0.339 e. The highest BCUT2D eigenvalue weighted by Gasteiger charge is 2.43. The summed E-state index contributed by atoms with van der Waals surface area (Å²) in [5.74, 6) is 0.359. The molecular formula is C14H25N3O. The van der Waals surface area contributed by atoms with E-state index in [1.54, 1.807) is 0 Å². The molecule has 3 rings (SSSR count). The quantitative estimate of drug-likeness (QED) is 0.807. The summed E-state index contributed by atoms with van der Waals surface area (Å²) in [5, 5.41) is 3.46. The van der Waals surface area contributed by atoms with Crippen molar-refractivity contribution in [2.24, 2.45) is 0 Å². The van der Waals surface area contributed by atoms with Crippen molar-refractivity contribution >= 4 is 5.91 Å². The Labute approximate surface area is 110 Å². The molecule has 0 aromatic heterocycles. The van der Waals surface area contributed by atoms with Crippen LogP contribution in [0.25, 0.3) is 0 Å². The lowest BCUT2D eigenvalue weighted by Gasteiger charge is -2.39. The van der Waals surface area contributed by atoms with Gasteiger partial charge in [0.05, 0.1) is 5.54 Å². The Bertz CT molecular complexity index is 313. The zero-order chi connectivity index (χ0) is 12.6. The monoisotopic (exact) mass is 251 g/mol. The SMILES string of the molecule is CCC1(C(=O)N2CCN(C3CC3)CC2)CCCN1. The third-order valence-electron chi connectivity index (χ3n) is 4.92. The number of carbonyl (C=O) groups is 1. The standard InChI is InChI=1S/C14H25N3O/c1-2-14(6-3-7-15-14)13(18)17-10-8-16(9-11-17)12-4-5-12/h12,15H,2-11H2,1H3. The molecule has 0 spiro atoms. The van der Waals surface area contributed by atoms with E-state index < -0.39 is 0 Å². The molecule has 0 aromatic carbocycles. The van der Waals surface area contributed by atoms with Gasteiger partial charge in [-0.15, -0.1) is 0 Å². The lowest BCUT2D eigenvalue weighted by molar-refractivity contribution is -0.139. The van der Waals surface area contributed by atoms with E-state index in [4.69, 9.17) is 0 Å². The second kappa shape index (κ2) is 4.82. The minimum absolute atomic E-state index is 0.234. The van der Waals surface area contributed by atoms with Gasteiger partial charge in [0.2, 0.25) is 5.91 Å². The van der Waals surface area contributed by atoms with E-state index in [0.717, 1.165) is 58.0 Å². The van der Waals surface area contributed by atoms with Crippen molar-refractivity contribution in [1.29, 1.82) is 0 Å². The molecular weight excluding hydrogens is 226 g/mol. The van der Waals surface area contributed by atoms with Gasteiger partial charge in [0, 0.05) is 32.2 Å². The van der Waals surface area contributed by atoms with Gasteiger partial charge in [-0.3, -0.25) is 9.69 Å². The van der Waals surface area contributed by atoms with Crippen molar-refractivity contribution in [3.8, 4) is 0 Å². The van der Waals surface area contributed by atoms with Crippen LogP contribution in [-0.2, 0) is 4.79 Å². The average Bonchev–Trinajstić information content (AvgIpc) is 3.16. The van der Waals surface area contributed by atoms with Gasteiger partial charge >= 0.3 is 0 Å². The third kappa shape index (κ3) is 2.16. The Hall–Kier alpha value is -0.610. The first kappa shape index (κ1) is 12.4. The molecule has 3 fully saturated rings. The van der Waals surface area contributed by atoms with Gasteiger partial charge in [-0.2, -0.15) is 0 Å². The molecule has 1 atom stereocenters. The number of piperazine rings is 1. The van der Waals surface area contributed by atoms with Crippen molar-refractivity contribution < 1.29 is 4.79 Å². The molecule has 4 nitrogen and oxygen atoms in total. The Morgan fingerprint density at radius 3 is 2.50 bits per heavy atom. The van der Waals surface area contributed by atoms with Crippen LogP contribution in [0.3, 0.4) is 0 Å². The summed E-state index contributed by atoms with van der Waals surface area (Å²) in [5.41, 5.74) is -0.234. The van der Waals surface area contributed by atoms with Gasteiger partial charge in [0.15, 0.2) is 0 Å². The minimum atomic E-state index is -0.234. The molecule has 2 saturated heterocycles. The van der Waals surface area contributed by atoms with Crippen molar-refractivity contribution in [3.05, 3.63) is 0 Å². The maximum atomic E-state index is 12.7. The molecule has 1 saturated carbocycles. The molecule has 1 aliphatic carbocycles. The summed E-state index contributed by atoms with van der Waals surface area (Å²) in [6.45, 7) is 7.15. The summed E-state index contributed by atoms with van der Waals surface area (Å²) in [4.78, 5) is 17.3. The zero-order valence-corrected chi connectivity index (χ0v) is 11.5. The molecule has 0 aromatic rings. The van der Waals surface area contributed by atoms with Crippen LogP contribution in [0.15, 0.2) is 0 Å². The highest BCUT2D eigenvalue weighted by molar-refractivity contribution is 5.86. The number of hydrogen-bond donors (Lipinski definition) is 1. The highest BCUT2D eigenvalue weighted by atomic mass is 16.2. The second-order valence-electron chi connectivity index (χ2n) is 6.03. The highest BCUT2D eigenvalue weighted by Crippen LogP contribution is 2.29. The fourth-order valence-electron chi connectivity index (χ4n) is 3.47. The van der Waals surface area contributed by atoms with Crippen molar-refractivity contribution in [1.82, 2.24) is 15.1 Å². The van der Waals surface area contributed by atoms with E-state index in [-0.39, 0.29) is 5.54 Å². The van der Waals surface area contributed by atoms with Crippen LogP contribution in [0.5, 0.6) is 0 Å². The van der Waals surface area contributed by atoms with Crippen LogP contribution < -0.4 is 5.32 Å². The van der Waals surface area contributed by atoms with Crippen molar-refractivity contribution in [2.45, 2.75) is 50.6 Å². The first-order valence-corrected chi connectivity index (χ1v) is 7.54. The van der Waals surface area contributed by atoms with E-state index >= 15 is 0 Å². The summed E-state index contributed by atoms with van der Waals surface area (Å²) >= 11 is 0. The molecule has 102 valence electrons. The molecule has 4 heteroatoms. The molecule has 2 aliphatic heterocycles. The fraction of sp³-hybridized carbons (Fsp3) is 0.929. The Kier molecular flexibility index (Phi) is 3.32. The van der Waals surface area contributed by atoms with Crippen LogP contribution in [0.4, 0.5) is 0 Å². The van der Waals surface area contributed by atoms with Gasteiger partial charge in [0.1, 0.15) is 0 Å². The topological polar surface area (TPSA) is 35.6 Å². The Morgan fingerprint density at radius 1 is 1.28 bits per heavy atom. The predicted molar refractivity (Wildman–Crippen MR) is 71.4 cm³/mol. The first-order chi connectivity index (χ1) is 8.75. The van der Waals surface area contributed by atoms with Crippen LogP contribution in [0.1, 0.15) is 39.0 Å². The van der Waals surface area contributed by atoms with E-state index in [1.807, 2.05) is 0 Å². The van der Waals surface area contributed by atoms with Crippen LogP contribution in [-0.4, -0.2) is 60.0 Å². The van der Waals surface area contributed by atoms with Gasteiger partial charge in [0.25, 0.3) is 0 Å². The third-order valence-corrected chi connectivity index (χ3v) is 4.92. The maximum Gasteiger partial charge on any atom is 0.242 e. The van der Waals surface area contributed by atoms with E-state index in [9.17, 15) is 4.79 Å². The number of nitrogens with zero attached hydrogens (tertiary/aromatic N) is 2. The van der Waals surface area contributed by atoms with E-state index in [2.05, 4.69) is 22.0 Å². The van der Waals surface area contributed by atoms with Crippen LogP contribution >= 0.6 is 0 Å². The maximum absolute atomic E-state index is 12.7. The number of carbonyl (C=O) groups excluding carboxylic acids is 1. The lowest BCUT2D eigenvalue weighted by Crippen LogP contribution is -2.59. The number of rotatable bonds is 3. The van der Waals surface area contributed by atoms with E-state index in [0.29, 0.717) is 5.91 Å². The molecule has 1 unspecified atom stereocenters. The Balaban J connectivity index is 1.59. The van der Waals surface area contributed by atoms with Crippen molar-refractivity contribution in [3.63, 3.8) is 0 Å². The van der Waals surface area contributed by atoms with Gasteiger partial charge < -0.3 is 10.2 Å². The minimum Gasteiger partial charge on any atom is -0.339 e. The second-order valence-corrected chi connectivity index (χ2v) is 6.03. The number of amides is 1. The summed E-state index contributed by atoms with van der Waals surface area (Å²) in [7, 11) is 0. The Morgan fingerprint density at radius 2 is 2.00 bits per heavy atom. The zero-order valence-electron chi connectivity index (χ0n) is 11.5. The van der Waals surface area contributed by atoms with Crippen molar-refractivity contribution in [2.75, 3.05) is 32.7 Å². The molecule has 18 heavy (non-hydrogen) atoms. The first-order valence-electron chi connectivity index (χ1n) is 7.54.